The third kappa shape index (κ3) is 4.49. The molecule has 0 saturated carbocycles. The summed E-state index contributed by atoms with van der Waals surface area (Å²) < 4.78 is 0. The SMILES string of the molecule is CC[B]CPC. The molecule has 0 spiro atoms. The minimum atomic E-state index is 1.11. The van der Waals surface area contributed by atoms with Crippen molar-refractivity contribution in [3.8, 4) is 0 Å². The quantitative estimate of drug-likeness (QED) is 0.286. The van der Waals surface area contributed by atoms with E-state index in [4.69, 9.17) is 0 Å². The van der Waals surface area contributed by atoms with Gasteiger partial charge < -0.3 is 0 Å². The van der Waals surface area contributed by atoms with Gasteiger partial charge in [-0.1, -0.05) is 19.3 Å². The first-order valence-corrected chi connectivity index (χ1v) is 4.08. The van der Waals surface area contributed by atoms with Crippen LogP contribution in [0.25, 0.3) is 0 Å². The van der Waals surface area contributed by atoms with Crippen LogP contribution in [0, 0.1) is 0 Å². The first kappa shape index (κ1) is 6.49. The molecule has 0 nitrogen and oxygen atoms in total. The van der Waals surface area contributed by atoms with Gasteiger partial charge in [-0.05, 0) is 6.66 Å². The average molecular weight is 101 g/mol. The predicted molar refractivity (Wildman–Crippen MR) is 35.3 cm³/mol. The van der Waals surface area contributed by atoms with Crippen LogP contribution in [0.1, 0.15) is 6.92 Å². The van der Waals surface area contributed by atoms with E-state index in [1.807, 2.05) is 0 Å². The summed E-state index contributed by atoms with van der Waals surface area (Å²) in [6.07, 6.45) is 1.24. The van der Waals surface area contributed by atoms with Crippen molar-refractivity contribution in [3.63, 3.8) is 0 Å². The highest BCUT2D eigenvalue weighted by molar-refractivity contribution is 7.39. The third-order valence-electron chi connectivity index (χ3n) is 0.637. The van der Waals surface area contributed by atoms with Crippen molar-refractivity contribution < 1.29 is 0 Å². The van der Waals surface area contributed by atoms with Crippen LogP contribution in [0.15, 0.2) is 0 Å². The first-order valence-electron chi connectivity index (χ1n) is 2.38. The van der Waals surface area contributed by atoms with Gasteiger partial charge in [-0.3, -0.25) is 0 Å². The molecule has 1 radical (unpaired) electrons. The Balaban J connectivity index is 2.34. The maximum atomic E-state index is 2.32. The van der Waals surface area contributed by atoms with Crippen molar-refractivity contribution in [2.75, 3.05) is 12.7 Å². The smallest absolute Gasteiger partial charge is 0.114 e. The molecule has 0 aliphatic carbocycles. The van der Waals surface area contributed by atoms with E-state index in [-0.39, 0.29) is 0 Å². The van der Waals surface area contributed by atoms with Gasteiger partial charge in [0.05, 0.1) is 0 Å². The molecule has 1 atom stereocenters. The van der Waals surface area contributed by atoms with Crippen LogP contribution >= 0.6 is 8.58 Å². The van der Waals surface area contributed by atoms with Gasteiger partial charge in [0.1, 0.15) is 7.28 Å². The molecule has 0 fully saturated rings. The molecule has 2 heteroatoms. The Hall–Kier alpha value is 0.495. The van der Waals surface area contributed by atoms with Crippen molar-refractivity contribution in [2.45, 2.75) is 13.2 Å². The molecule has 0 aliphatic rings. The zero-order chi connectivity index (χ0) is 4.83. The second-order valence-electron chi connectivity index (χ2n) is 1.25. The Morgan fingerprint density at radius 1 is 1.67 bits per heavy atom. The van der Waals surface area contributed by atoms with E-state index in [1.165, 1.54) is 12.4 Å². The molecule has 0 N–H and O–H groups in total. The minimum absolute atomic E-state index is 1.11. The number of hydrogen-bond acceptors (Lipinski definition) is 0. The lowest BCUT2D eigenvalue weighted by atomic mass is 9.79. The van der Waals surface area contributed by atoms with Crippen LogP contribution in [0.4, 0.5) is 0 Å². The predicted octanol–water partition coefficient (Wildman–Crippen LogP) is 1.39. The Morgan fingerprint density at radius 2 is 2.33 bits per heavy atom. The summed E-state index contributed by atoms with van der Waals surface area (Å²) in [6, 6.07) is 1.32. The summed E-state index contributed by atoms with van der Waals surface area (Å²) in [5.74, 6) is 0. The van der Waals surface area contributed by atoms with Crippen molar-refractivity contribution in [1.82, 2.24) is 0 Å². The van der Waals surface area contributed by atoms with Crippen LogP contribution in [0.2, 0.25) is 6.32 Å². The molecule has 1 unspecified atom stereocenters. The van der Waals surface area contributed by atoms with E-state index in [2.05, 4.69) is 20.9 Å². The van der Waals surface area contributed by atoms with Crippen LogP contribution in [0.5, 0.6) is 0 Å². The second-order valence-corrected chi connectivity index (χ2v) is 2.37. The van der Waals surface area contributed by atoms with Gasteiger partial charge in [0.15, 0.2) is 0 Å². The average Bonchev–Trinajstić information content (AvgIpc) is 1.61. The third-order valence-corrected chi connectivity index (χ3v) is 1.33. The fourth-order valence-corrected chi connectivity index (χ4v) is 0.866. The van der Waals surface area contributed by atoms with Gasteiger partial charge in [0.25, 0.3) is 0 Å². The van der Waals surface area contributed by atoms with E-state index in [0.29, 0.717) is 0 Å². The standard InChI is InChI=1S/C4H11BP/c1-3-5-4-6-2/h6H,3-4H2,1-2H3. The molecular weight excluding hydrogens is 89.8 g/mol. The zero-order valence-electron chi connectivity index (χ0n) is 4.49. The molecule has 0 amide bonds. The van der Waals surface area contributed by atoms with Crippen molar-refractivity contribution >= 4 is 15.9 Å². The fraction of sp³-hybridized carbons (Fsp3) is 1.00. The molecule has 0 aromatic heterocycles. The molecule has 35 valence electrons. The maximum absolute atomic E-state index is 2.32. The van der Waals surface area contributed by atoms with E-state index in [9.17, 15) is 0 Å². The summed E-state index contributed by atoms with van der Waals surface area (Å²) in [6.45, 7) is 4.41. The van der Waals surface area contributed by atoms with Crippen molar-refractivity contribution in [1.29, 1.82) is 0 Å². The Kier molecular flexibility index (Phi) is 5.95. The largest absolute Gasteiger partial charge is 0.133 e. The molecule has 0 aromatic rings. The van der Waals surface area contributed by atoms with E-state index in [1.54, 1.807) is 0 Å². The van der Waals surface area contributed by atoms with Crippen LogP contribution < -0.4 is 0 Å². The lowest BCUT2D eigenvalue weighted by Gasteiger charge is -1.84. The molecule has 0 saturated heterocycles. The summed E-state index contributed by atoms with van der Waals surface area (Å²) in [5.41, 5.74) is 0. The molecule has 0 rings (SSSR count). The minimum Gasteiger partial charge on any atom is -0.133 e. The molecule has 6 heavy (non-hydrogen) atoms. The van der Waals surface area contributed by atoms with E-state index in [0.717, 1.165) is 8.58 Å². The molecule has 0 bridgehead atoms. The molecule has 0 aromatic carbocycles. The van der Waals surface area contributed by atoms with Gasteiger partial charge in [0.2, 0.25) is 0 Å². The van der Waals surface area contributed by atoms with Gasteiger partial charge in [-0.25, -0.2) is 0 Å². The molecule has 0 aliphatic heterocycles. The topological polar surface area (TPSA) is 0 Å². The normalized spacial score (nSPS) is 10.3. The van der Waals surface area contributed by atoms with Gasteiger partial charge in [0, 0.05) is 0 Å². The van der Waals surface area contributed by atoms with Crippen molar-refractivity contribution in [2.24, 2.45) is 0 Å². The summed E-state index contributed by atoms with van der Waals surface area (Å²) >= 11 is 0. The van der Waals surface area contributed by atoms with Gasteiger partial charge in [-0.15, -0.1) is 8.58 Å². The maximum Gasteiger partial charge on any atom is 0.114 e. The number of rotatable bonds is 3. The summed E-state index contributed by atoms with van der Waals surface area (Å²) in [7, 11) is 3.43. The van der Waals surface area contributed by atoms with Gasteiger partial charge in [-0.2, -0.15) is 0 Å². The van der Waals surface area contributed by atoms with Crippen LogP contribution in [-0.4, -0.2) is 20.0 Å². The molecule has 0 heterocycles. The second kappa shape index (κ2) is 5.49. The lowest BCUT2D eigenvalue weighted by molar-refractivity contribution is 1.45. The summed E-state index contributed by atoms with van der Waals surface area (Å²) in [4.78, 5) is 0. The fourth-order valence-electron chi connectivity index (χ4n) is 0.289. The van der Waals surface area contributed by atoms with Crippen LogP contribution in [0.3, 0.4) is 0 Å². The first-order chi connectivity index (χ1) is 2.91. The Morgan fingerprint density at radius 3 is 2.50 bits per heavy atom. The monoisotopic (exact) mass is 101 g/mol. The van der Waals surface area contributed by atoms with Crippen molar-refractivity contribution in [3.05, 3.63) is 0 Å². The lowest BCUT2D eigenvalue weighted by Crippen LogP contribution is -1.86. The van der Waals surface area contributed by atoms with E-state index < -0.39 is 0 Å². The van der Waals surface area contributed by atoms with Gasteiger partial charge >= 0.3 is 0 Å². The highest BCUT2D eigenvalue weighted by Gasteiger charge is 1.78. The zero-order valence-corrected chi connectivity index (χ0v) is 5.49. The summed E-state index contributed by atoms with van der Waals surface area (Å²) in [5, 5.41) is 0. The van der Waals surface area contributed by atoms with E-state index >= 15 is 0 Å². The highest BCUT2D eigenvalue weighted by atomic mass is 31.1. The molecular formula is C4H11BP. The highest BCUT2D eigenvalue weighted by Crippen LogP contribution is 1.98. The van der Waals surface area contributed by atoms with Crippen LogP contribution in [-0.2, 0) is 0 Å². The Labute approximate surface area is 42.7 Å². The Bertz CT molecular complexity index is 19.5. The number of hydrogen-bond donors (Lipinski definition) is 0.